The summed E-state index contributed by atoms with van der Waals surface area (Å²) in [6.45, 7) is 18.1. The van der Waals surface area contributed by atoms with Crippen LogP contribution in [-0.4, -0.2) is 0 Å². The predicted molar refractivity (Wildman–Crippen MR) is 106 cm³/mol. The van der Waals surface area contributed by atoms with Gasteiger partial charge in [0, 0.05) is 0 Å². The Morgan fingerprint density at radius 2 is 0.833 bits per heavy atom. The van der Waals surface area contributed by atoms with Gasteiger partial charge in [-0.15, -0.1) is 0 Å². The molecule has 0 radical (unpaired) electrons. The van der Waals surface area contributed by atoms with Crippen LogP contribution in [0.2, 0.25) is 0 Å². The van der Waals surface area contributed by atoms with E-state index in [1.807, 2.05) is 0 Å². The third-order valence-electron chi connectivity index (χ3n) is 4.22. The minimum atomic E-state index is -5.39. The van der Waals surface area contributed by atoms with Gasteiger partial charge in [0.1, 0.15) is 0 Å². The van der Waals surface area contributed by atoms with E-state index in [9.17, 15) is 0 Å². The summed E-state index contributed by atoms with van der Waals surface area (Å²) in [4.78, 5) is 25.6. The molecule has 30 heavy (non-hydrogen) atoms. The van der Waals surface area contributed by atoms with Crippen LogP contribution in [0.3, 0.4) is 0 Å². The molecule has 2 aromatic rings. The van der Waals surface area contributed by atoms with Crippen LogP contribution in [0.4, 0.5) is 0 Å². The van der Waals surface area contributed by atoms with Gasteiger partial charge in [-0.1, -0.05) is 89.1 Å². The van der Waals surface area contributed by atoms with Crippen molar-refractivity contribution in [3.05, 3.63) is 58.7 Å². The zero-order valence-corrected chi connectivity index (χ0v) is 27.4. The second-order valence-electron chi connectivity index (χ2n) is 9.12. The smallest absolute Gasteiger partial charge is 0.822 e. The SMILES string of the molecule is Cc1cc(-c2cc(C)cc(C(C)(C)C)c2)cc(C(C)(C)C)c1.O=P([O-])([O-])[O-].[Na+].[Na+].[Na+]. The van der Waals surface area contributed by atoms with Crippen LogP contribution in [0.25, 0.3) is 11.1 Å². The molecular formula is C22H30Na3O4P. The average Bonchev–Trinajstić information content (AvgIpc) is 2.42. The second kappa shape index (κ2) is 14.1. The number of rotatable bonds is 1. The summed E-state index contributed by atoms with van der Waals surface area (Å²) < 4.78 is 8.55. The number of benzene rings is 2. The van der Waals surface area contributed by atoms with Crippen molar-refractivity contribution in [2.75, 3.05) is 0 Å². The molecule has 0 aromatic heterocycles. The zero-order chi connectivity index (χ0) is 21.2. The Kier molecular flexibility index (Phi) is 16.9. The van der Waals surface area contributed by atoms with E-state index in [-0.39, 0.29) is 99.5 Å². The Hall–Kier alpha value is 1.55. The molecule has 0 bridgehead atoms. The number of hydrogen-bond acceptors (Lipinski definition) is 4. The molecule has 0 N–H and O–H groups in total. The van der Waals surface area contributed by atoms with E-state index in [0.29, 0.717) is 0 Å². The molecule has 0 atom stereocenters. The molecule has 0 saturated heterocycles. The fourth-order valence-electron chi connectivity index (χ4n) is 2.77. The maximum atomic E-state index is 8.55. The fourth-order valence-corrected chi connectivity index (χ4v) is 2.77. The first-order valence-electron chi connectivity index (χ1n) is 8.94. The van der Waals surface area contributed by atoms with Crippen molar-refractivity contribution < 1.29 is 108 Å². The van der Waals surface area contributed by atoms with Crippen LogP contribution in [-0.2, 0) is 15.4 Å². The minimum absolute atomic E-state index is 0. The van der Waals surface area contributed by atoms with Crippen molar-refractivity contribution in [1.82, 2.24) is 0 Å². The molecule has 0 unspecified atom stereocenters. The van der Waals surface area contributed by atoms with Crippen molar-refractivity contribution in [1.29, 1.82) is 0 Å². The van der Waals surface area contributed by atoms with Gasteiger partial charge >= 0.3 is 88.7 Å². The van der Waals surface area contributed by atoms with Crippen molar-refractivity contribution >= 4 is 7.82 Å². The van der Waals surface area contributed by atoms with Crippen LogP contribution in [0.5, 0.6) is 0 Å². The number of phosphoric acid groups is 1. The molecule has 0 aliphatic carbocycles. The van der Waals surface area contributed by atoms with Crippen LogP contribution in [0.1, 0.15) is 63.8 Å². The monoisotopic (exact) mass is 458 g/mol. The van der Waals surface area contributed by atoms with Crippen molar-refractivity contribution in [3.8, 4) is 11.1 Å². The Bertz CT molecular complexity index is 781. The molecular weight excluding hydrogens is 428 g/mol. The van der Waals surface area contributed by atoms with Crippen LogP contribution in [0, 0.1) is 13.8 Å². The summed E-state index contributed by atoms with van der Waals surface area (Å²) >= 11 is 0. The summed E-state index contributed by atoms with van der Waals surface area (Å²) in [5.74, 6) is 0. The van der Waals surface area contributed by atoms with Gasteiger partial charge in [0.25, 0.3) is 0 Å². The molecule has 0 heterocycles. The van der Waals surface area contributed by atoms with E-state index >= 15 is 0 Å². The van der Waals surface area contributed by atoms with Gasteiger partial charge < -0.3 is 19.2 Å². The average molecular weight is 458 g/mol. The zero-order valence-electron chi connectivity index (χ0n) is 20.5. The summed E-state index contributed by atoms with van der Waals surface area (Å²) in [5, 5.41) is 0. The van der Waals surface area contributed by atoms with E-state index < -0.39 is 7.82 Å². The molecule has 0 aliphatic rings. The topological polar surface area (TPSA) is 86.2 Å². The van der Waals surface area contributed by atoms with Gasteiger partial charge in [0.05, 0.1) is 0 Å². The van der Waals surface area contributed by atoms with Crippen LogP contribution in [0.15, 0.2) is 36.4 Å². The van der Waals surface area contributed by atoms with Crippen LogP contribution < -0.4 is 103 Å². The molecule has 150 valence electrons. The van der Waals surface area contributed by atoms with E-state index in [2.05, 4.69) is 91.8 Å². The van der Waals surface area contributed by atoms with E-state index in [1.165, 1.54) is 33.4 Å². The van der Waals surface area contributed by atoms with Gasteiger partial charge in [0.15, 0.2) is 0 Å². The minimum Gasteiger partial charge on any atom is -0.822 e. The number of hydrogen-bond donors (Lipinski definition) is 0. The second-order valence-corrected chi connectivity index (χ2v) is 10.0. The summed E-state index contributed by atoms with van der Waals surface area (Å²) in [6, 6.07) is 13.9. The molecule has 8 heteroatoms. The van der Waals surface area contributed by atoms with Gasteiger partial charge in [-0.2, -0.15) is 7.82 Å². The van der Waals surface area contributed by atoms with Crippen molar-refractivity contribution in [3.63, 3.8) is 0 Å². The molecule has 0 spiro atoms. The standard InChI is InChI=1S/C22H30.3Na.H3O4P/c1-15-9-17(13-19(11-15)21(3,4)5)18-10-16(2)12-20(14-18)22(6,7)8;;;;1-5(2,3)4/h9-14H,1-8H3;;;;(H3,1,2,3,4)/q;3*+1;/p-3. The van der Waals surface area contributed by atoms with E-state index in [1.54, 1.807) is 0 Å². The first-order chi connectivity index (χ1) is 12.0. The molecule has 4 nitrogen and oxygen atoms in total. The van der Waals surface area contributed by atoms with E-state index in [4.69, 9.17) is 19.2 Å². The molecule has 0 saturated carbocycles. The van der Waals surface area contributed by atoms with Gasteiger partial charge in [-0.25, -0.2) is 0 Å². The van der Waals surface area contributed by atoms with Gasteiger partial charge in [-0.05, 0) is 46.9 Å². The maximum absolute atomic E-state index is 8.55. The fraction of sp³-hybridized carbons (Fsp3) is 0.455. The van der Waals surface area contributed by atoms with Gasteiger partial charge in [0.2, 0.25) is 0 Å². The first-order valence-corrected chi connectivity index (χ1v) is 10.4. The Labute approximate surface area is 248 Å². The molecule has 2 aromatic carbocycles. The van der Waals surface area contributed by atoms with Gasteiger partial charge in [-0.3, -0.25) is 0 Å². The molecule has 0 aliphatic heterocycles. The maximum Gasteiger partial charge on any atom is 1.00 e. The predicted octanol–water partition coefficient (Wildman–Crippen LogP) is -5.25. The van der Waals surface area contributed by atoms with E-state index in [0.717, 1.165) is 0 Å². The van der Waals surface area contributed by atoms with Crippen molar-refractivity contribution in [2.45, 2.75) is 66.2 Å². The number of aryl methyl sites for hydroxylation is 2. The summed E-state index contributed by atoms with van der Waals surface area (Å²) in [5.41, 5.74) is 8.50. The third-order valence-corrected chi connectivity index (χ3v) is 4.22. The summed E-state index contributed by atoms with van der Waals surface area (Å²) in [6.07, 6.45) is 0. The molecule has 0 fully saturated rings. The summed E-state index contributed by atoms with van der Waals surface area (Å²) in [7, 11) is -5.39. The van der Waals surface area contributed by atoms with Crippen molar-refractivity contribution in [2.24, 2.45) is 0 Å². The molecule has 2 rings (SSSR count). The Balaban J connectivity index is -0.000000819. The normalized spacial score (nSPS) is 11.2. The Morgan fingerprint density at radius 3 is 1.03 bits per heavy atom. The first kappa shape index (κ1) is 36.1. The quantitative estimate of drug-likeness (QED) is 0.316. The third kappa shape index (κ3) is 14.0. The van der Waals surface area contributed by atoms with Crippen LogP contribution >= 0.6 is 7.82 Å². The largest absolute Gasteiger partial charge is 1.00 e. The Morgan fingerprint density at radius 1 is 0.600 bits per heavy atom. The molecule has 0 amide bonds.